The van der Waals surface area contributed by atoms with Gasteiger partial charge in [-0.05, 0) is 19.1 Å². The van der Waals surface area contributed by atoms with Crippen molar-refractivity contribution in [2.75, 3.05) is 13.2 Å². The van der Waals surface area contributed by atoms with Gasteiger partial charge in [0.05, 0.1) is 19.8 Å². The Morgan fingerprint density at radius 2 is 2.00 bits per heavy atom. The zero-order chi connectivity index (χ0) is 17.1. The zero-order valence-electron chi connectivity index (χ0n) is 14.7. The van der Waals surface area contributed by atoms with Crippen molar-refractivity contribution in [1.29, 1.82) is 0 Å². The van der Waals surface area contributed by atoms with E-state index in [0.717, 1.165) is 17.9 Å². The minimum absolute atomic E-state index is 0.471. The topological polar surface area (TPSA) is 44.5 Å². The minimum atomic E-state index is 0.471. The maximum atomic E-state index is 5.51. The van der Waals surface area contributed by atoms with Gasteiger partial charge < -0.3 is 14.0 Å². The lowest BCUT2D eigenvalue weighted by Gasteiger charge is -2.06. The standard InChI is InChI=1S/C14H19NO3.2C2H6/c1-3-5-7-14(4-2)17-10-6-9-16-12-13-8-11-18-15-13;2*1-2/h3-5,7-8,11H,2,6,9-10,12H2,1H3;2*1-2H3/b5-3-,14-7+;;. The van der Waals surface area contributed by atoms with Crippen molar-refractivity contribution in [3.8, 4) is 0 Å². The molecule has 0 radical (unpaired) electrons. The molecule has 0 aromatic carbocycles. The van der Waals surface area contributed by atoms with Crippen molar-refractivity contribution in [2.24, 2.45) is 0 Å². The van der Waals surface area contributed by atoms with Crippen LogP contribution in [0.3, 0.4) is 0 Å². The molecule has 1 aromatic rings. The average molecular weight is 309 g/mol. The number of nitrogens with zero attached hydrogens (tertiary/aromatic N) is 1. The third kappa shape index (κ3) is 13.2. The molecule has 1 rings (SSSR count). The maximum absolute atomic E-state index is 5.51. The van der Waals surface area contributed by atoms with Crippen LogP contribution in [0.25, 0.3) is 0 Å². The summed E-state index contributed by atoms with van der Waals surface area (Å²) in [6.45, 7) is 15.3. The Hall–Kier alpha value is -1.81. The molecule has 0 unspecified atom stereocenters. The first-order valence-electron chi connectivity index (χ1n) is 7.92. The van der Waals surface area contributed by atoms with Crippen molar-refractivity contribution in [1.82, 2.24) is 5.16 Å². The zero-order valence-corrected chi connectivity index (χ0v) is 14.7. The molecule has 0 bridgehead atoms. The summed E-state index contributed by atoms with van der Waals surface area (Å²) in [7, 11) is 0. The van der Waals surface area contributed by atoms with Crippen LogP contribution >= 0.6 is 0 Å². The number of aromatic nitrogens is 1. The van der Waals surface area contributed by atoms with Crippen LogP contribution in [0, 0.1) is 0 Å². The maximum Gasteiger partial charge on any atom is 0.124 e. The van der Waals surface area contributed by atoms with Crippen molar-refractivity contribution in [2.45, 2.75) is 47.6 Å². The van der Waals surface area contributed by atoms with Gasteiger partial charge in [-0.15, -0.1) is 0 Å². The molecule has 0 fully saturated rings. The van der Waals surface area contributed by atoms with E-state index in [1.807, 2.05) is 52.8 Å². The van der Waals surface area contributed by atoms with Gasteiger partial charge in [-0.2, -0.15) is 0 Å². The summed E-state index contributed by atoms with van der Waals surface area (Å²) in [6, 6.07) is 1.78. The molecule has 0 aliphatic rings. The Morgan fingerprint density at radius 3 is 2.55 bits per heavy atom. The van der Waals surface area contributed by atoms with E-state index < -0.39 is 0 Å². The van der Waals surface area contributed by atoms with Crippen molar-refractivity contribution >= 4 is 0 Å². The Morgan fingerprint density at radius 1 is 1.27 bits per heavy atom. The normalized spacial score (nSPS) is 10.3. The second-order valence-electron chi connectivity index (χ2n) is 3.54. The molecule has 22 heavy (non-hydrogen) atoms. The lowest BCUT2D eigenvalue weighted by molar-refractivity contribution is 0.0938. The predicted octanol–water partition coefficient (Wildman–Crippen LogP) is 5.30. The van der Waals surface area contributed by atoms with E-state index in [-0.39, 0.29) is 0 Å². The number of allylic oxidation sites excluding steroid dienone is 4. The quantitative estimate of drug-likeness (QED) is 0.353. The summed E-state index contributed by atoms with van der Waals surface area (Å²) < 4.78 is 15.6. The van der Waals surface area contributed by atoms with Crippen LogP contribution in [0.4, 0.5) is 0 Å². The second kappa shape index (κ2) is 19.2. The van der Waals surface area contributed by atoms with Gasteiger partial charge in [-0.3, -0.25) is 0 Å². The van der Waals surface area contributed by atoms with E-state index in [1.54, 1.807) is 12.1 Å². The molecular formula is C18H31NO3. The molecule has 0 amide bonds. The average Bonchev–Trinajstić information content (AvgIpc) is 3.10. The van der Waals surface area contributed by atoms with Crippen LogP contribution in [0.1, 0.15) is 46.7 Å². The molecule has 0 N–H and O–H groups in total. The SMILES string of the molecule is C=C/C(=C\C=C/C)OCCCOCc1ccon1.CC.CC. The first-order chi connectivity index (χ1) is 10.9. The van der Waals surface area contributed by atoms with Gasteiger partial charge in [-0.1, -0.05) is 51.6 Å². The fraction of sp³-hybridized carbons (Fsp3) is 0.500. The fourth-order valence-corrected chi connectivity index (χ4v) is 1.21. The molecule has 0 atom stereocenters. The Bertz CT molecular complexity index is 381. The van der Waals surface area contributed by atoms with Crippen LogP contribution in [0.5, 0.6) is 0 Å². The monoisotopic (exact) mass is 309 g/mol. The highest BCUT2D eigenvalue weighted by Crippen LogP contribution is 2.01. The van der Waals surface area contributed by atoms with E-state index in [0.29, 0.717) is 19.8 Å². The van der Waals surface area contributed by atoms with Gasteiger partial charge >= 0.3 is 0 Å². The highest BCUT2D eigenvalue weighted by atomic mass is 16.5. The molecule has 0 saturated heterocycles. The summed E-state index contributed by atoms with van der Waals surface area (Å²) in [5.74, 6) is 0.768. The fourth-order valence-electron chi connectivity index (χ4n) is 1.21. The lowest BCUT2D eigenvalue weighted by Crippen LogP contribution is -2.01. The second-order valence-corrected chi connectivity index (χ2v) is 3.54. The van der Waals surface area contributed by atoms with Gasteiger partial charge in [0, 0.05) is 12.5 Å². The Balaban J connectivity index is 0. The summed E-state index contributed by atoms with van der Waals surface area (Å²) >= 11 is 0. The van der Waals surface area contributed by atoms with Crippen LogP contribution in [-0.4, -0.2) is 18.4 Å². The van der Waals surface area contributed by atoms with Crippen molar-refractivity contribution in [3.05, 3.63) is 54.7 Å². The Labute approximate surface area is 135 Å². The van der Waals surface area contributed by atoms with Crippen LogP contribution in [0.2, 0.25) is 0 Å². The number of hydrogen-bond donors (Lipinski definition) is 0. The van der Waals surface area contributed by atoms with Crippen molar-refractivity contribution in [3.63, 3.8) is 0 Å². The predicted molar refractivity (Wildman–Crippen MR) is 92.5 cm³/mol. The molecule has 1 heterocycles. The molecular weight excluding hydrogens is 278 g/mol. The van der Waals surface area contributed by atoms with Gasteiger partial charge in [0.15, 0.2) is 0 Å². The first kappa shape index (κ1) is 22.5. The molecule has 0 aliphatic carbocycles. The van der Waals surface area contributed by atoms with E-state index >= 15 is 0 Å². The van der Waals surface area contributed by atoms with Gasteiger partial charge in [-0.25, -0.2) is 0 Å². The molecule has 1 aromatic heterocycles. The van der Waals surface area contributed by atoms with Gasteiger partial charge in [0.1, 0.15) is 17.7 Å². The highest BCUT2D eigenvalue weighted by Gasteiger charge is 1.96. The van der Waals surface area contributed by atoms with E-state index in [2.05, 4.69) is 11.7 Å². The third-order valence-corrected chi connectivity index (χ3v) is 2.10. The molecule has 0 spiro atoms. The summed E-state index contributed by atoms with van der Waals surface area (Å²) in [6.07, 6.45) is 9.77. The molecule has 4 heteroatoms. The molecule has 0 saturated carbocycles. The third-order valence-electron chi connectivity index (χ3n) is 2.10. The number of hydrogen-bond acceptors (Lipinski definition) is 4. The largest absolute Gasteiger partial charge is 0.494 e. The molecule has 0 aliphatic heterocycles. The lowest BCUT2D eigenvalue weighted by atomic mass is 10.4. The minimum Gasteiger partial charge on any atom is -0.494 e. The number of ether oxygens (including phenoxy) is 2. The number of rotatable bonds is 9. The van der Waals surface area contributed by atoms with E-state index in [1.165, 1.54) is 6.26 Å². The smallest absolute Gasteiger partial charge is 0.124 e. The summed E-state index contributed by atoms with van der Waals surface area (Å²) in [5.41, 5.74) is 0.802. The molecule has 4 nitrogen and oxygen atoms in total. The Kier molecular flexibility index (Phi) is 19.6. The summed E-state index contributed by atoms with van der Waals surface area (Å²) in [4.78, 5) is 0. The van der Waals surface area contributed by atoms with Gasteiger partial charge in [0.2, 0.25) is 0 Å². The molecule has 126 valence electrons. The van der Waals surface area contributed by atoms with Crippen LogP contribution in [-0.2, 0) is 16.1 Å². The van der Waals surface area contributed by atoms with E-state index in [4.69, 9.17) is 14.0 Å². The summed E-state index contributed by atoms with van der Waals surface area (Å²) in [5, 5.41) is 3.75. The van der Waals surface area contributed by atoms with Crippen LogP contribution < -0.4 is 0 Å². The van der Waals surface area contributed by atoms with Crippen LogP contribution in [0.15, 0.2) is 53.5 Å². The van der Waals surface area contributed by atoms with Gasteiger partial charge in [0.25, 0.3) is 0 Å². The highest BCUT2D eigenvalue weighted by molar-refractivity contribution is 5.15. The van der Waals surface area contributed by atoms with E-state index in [9.17, 15) is 0 Å². The first-order valence-corrected chi connectivity index (χ1v) is 7.92. The van der Waals surface area contributed by atoms with Crippen molar-refractivity contribution < 1.29 is 14.0 Å².